The van der Waals surface area contributed by atoms with Crippen LogP contribution >= 0.6 is 0 Å². The lowest BCUT2D eigenvalue weighted by Gasteiger charge is -2.27. The highest BCUT2D eigenvalue weighted by Gasteiger charge is 2.31. The van der Waals surface area contributed by atoms with Crippen molar-refractivity contribution in [2.75, 3.05) is 13.1 Å². The second-order valence-corrected chi connectivity index (χ2v) is 9.98. The Hall–Kier alpha value is -2.18. The second-order valence-electron chi connectivity index (χ2n) is 8.33. The molecule has 0 saturated carbocycles. The van der Waals surface area contributed by atoms with E-state index in [1.165, 1.54) is 0 Å². The standard InChI is InChI=1S/C24H32N2O3S/c1-18-15-19(2)23(20(3)16-18)30(28,29)25-22(17-21-11-7-6-8-12-21)24(27)26-13-9-4-5-10-14-26/h6-8,11-12,15-16,22,25H,4-5,9-10,13-14,17H2,1-3H3. The molecular formula is C24H32N2O3S. The van der Waals surface area contributed by atoms with E-state index in [0.29, 0.717) is 30.6 Å². The van der Waals surface area contributed by atoms with Gasteiger partial charge in [0, 0.05) is 13.1 Å². The number of carbonyl (C=O) groups is 1. The smallest absolute Gasteiger partial charge is 0.241 e. The van der Waals surface area contributed by atoms with Gasteiger partial charge in [0.25, 0.3) is 0 Å². The van der Waals surface area contributed by atoms with E-state index in [0.717, 1.165) is 36.8 Å². The van der Waals surface area contributed by atoms with Gasteiger partial charge in [-0.15, -0.1) is 0 Å². The molecule has 0 aliphatic carbocycles. The molecular weight excluding hydrogens is 396 g/mol. The minimum Gasteiger partial charge on any atom is -0.341 e. The molecule has 3 rings (SSSR count). The first-order valence-electron chi connectivity index (χ1n) is 10.7. The molecule has 30 heavy (non-hydrogen) atoms. The van der Waals surface area contributed by atoms with Crippen LogP contribution in [0.25, 0.3) is 0 Å². The number of hydrogen-bond donors (Lipinski definition) is 1. The highest BCUT2D eigenvalue weighted by molar-refractivity contribution is 7.89. The summed E-state index contributed by atoms with van der Waals surface area (Å²) in [6, 6.07) is 12.5. The molecule has 2 aromatic rings. The van der Waals surface area contributed by atoms with E-state index in [2.05, 4.69) is 4.72 Å². The number of benzene rings is 2. The fourth-order valence-corrected chi connectivity index (χ4v) is 6.02. The van der Waals surface area contributed by atoms with E-state index in [9.17, 15) is 13.2 Å². The number of nitrogens with one attached hydrogen (secondary N) is 1. The Morgan fingerprint density at radius 2 is 1.53 bits per heavy atom. The third kappa shape index (κ3) is 5.49. The van der Waals surface area contributed by atoms with E-state index in [1.807, 2.05) is 54.3 Å². The molecule has 1 aliphatic heterocycles. The van der Waals surface area contributed by atoms with Crippen molar-refractivity contribution in [3.63, 3.8) is 0 Å². The Balaban J connectivity index is 1.92. The zero-order valence-electron chi connectivity index (χ0n) is 18.1. The Morgan fingerprint density at radius 1 is 0.967 bits per heavy atom. The summed E-state index contributed by atoms with van der Waals surface area (Å²) < 4.78 is 29.5. The summed E-state index contributed by atoms with van der Waals surface area (Å²) in [7, 11) is -3.85. The summed E-state index contributed by atoms with van der Waals surface area (Å²) in [5.41, 5.74) is 3.34. The average molecular weight is 429 g/mol. The minimum absolute atomic E-state index is 0.133. The maximum atomic E-state index is 13.4. The molecule has 0 spiro atoms. The molecule has 5 nitrogen and oxygen atoms in total. The Bertz CT molecular complexity index is 956. The van der Waals surface area contributed by atoms with Gasteiger partial charge in [-0.25, -0.2) is 8.42 Å². The van der Waals surface area contributed by atoms with Crippen molar-refractivity contribution in [2.24, 2.45) is 0 Å². The number of nitrogens with zero attached hydrogens (tertiary/aromatic N) is 1. The predicted octanol–water partition coefficient (Wildman–Crippen LogP) is 3.90. The van der Waals surface area contributed by atoms with Gasteiger partial charge in [-0.2, -0.15) is 4.72 Å². The molecule has 1 unspecified atom stereocenters. The van der Waals surface area contributed by atoms with Crippen LogP contribution in [0.1, 0.15) is 47.9 Å². The highest BCUT2D eigenvalue weighted by Crippen LogP contribution is 2.23. The van der Waals surface area contributed by atoms with Gasteiger partial charge < -0.3 is 4.90 Å². The molecule has 1 N–H and O–H groups in total. The van der Waals surface area contributed by atoms with Crippen molar-refractivity contribution in [1.29, 1.82) is 0 Å². The number of aryl methyl sites for hydroxylation is 3. The van der Waals surface area contributed by atoms with Gasteiger partial charge in [0.2, 0.25) is 15.9 Å². The number of carbonyl (C=O) groups excluding carboxylic acids is 1. The quantitative estimate of drug-likeness (QED) is 0.759. The Labute approximate surface area is 180 Å². The van der Waals surface area contributed by atoms with Crippen LogP contribution in [0.2, 0.25) is 0 Å². The summed E-state index contributed by atoms with van der Waals surface area (Å²) in [5.74, 6) is -0.133. The van der Waals surface area contributed by atoms with Crippen LogP contribution in [0.3, 0.4) is 0 Å². The predicted molar refractivity (Wildman–Crippen MR) is 120 cm³/mol. The molecule has 1 heterocycles. The van der Waals surface area contributed by atoms with Crippen molar-refractivity contribution in [3.8, 4) is 0 Å². The zero-order chi connectivity index (χ0) is 21.7. The number of likely N-dealkylation sites (tertiary alicyclic amines) is 1. The lowest BCUT2D eigenvalue weighted by atomic mass is 10.1. The summed E-state index contributed by atoms with van der Waals surface area (Å²) in [6.45, 7) is 6.93. The molecule has 2 aromatic carbocycles. The molecule has 1 atom stereocenters. The molecule has 1 fully saturated rings. The van der Waals surface area contributed by atoms with Crippen molar-refractivity contribution >= 4 is 15.9 Å². The van der Waals surface area contributed by atoms with E-state index in [4.69, 9.17) is 0 Å². The second kappa shape index (κ2) is 9.75. The maximum Gasteiger partial charge on any atom is 0.241 e. The van der Waals surface area contributed by atoms with Crippen LogP contribution in [0.5, 0.6) is 0 Å². The van der Waals surface area contributed by atoms with E-state index >= 15 is 0 Å². The molecule has 0 aromatic heterocycles. The monoisotopic (exact) mass is 428 g/mol. The molecule has 1 amide bonds. The first kappa shape index (κ1) is 22.5. The third-order valence-corrected chi connectivity index (χ3v) is 7.45. The lowest BCUT2D eigenvalue weighted by Crippen LogP contribution is -2.50. The minimum atomic E-state index is -3.85. The molecule has 1 saturated heterocycles. The van der Waals surface area contributed by atoms with Gasteiger partial charge in [0.1, 0.15) is 6.04 Å². The zero-order valence-corrected chi connectivity index (χ0v) is 19.0. The van der Waals surface area contributed by atoms with E-state index in [1.54, 1.807) is 13.8 Å². The van der Waals surface area contributed by atoms with Gasteiger partial charge in [0.05, 0.1) is 4.90 Å². The van der Waals surface area contributed by atoms with E-state index < -0.39 is 16.1 Å². The Kier molecular flexibility index (Phi) is 7.32. The third-order valence-electron chi connectivity index (χ3n) is 5.67. The normalized spacial score (nSPS) is 16.2. The average Bonchev–Trinajstić information content (AvgIpc) is 2.96. The Morgan fingerprint density at radius 3 is 2.10 bits per heavy atom. The lowest BCUT2D eigenvalue weighted by molar-refractivity contribution is -0.132. The van der Waals surface area contributed by atoms with Gasteiger partial charge in [-0.3, -0.25) is 4.79 Å². The van der Waals surface area contributed by atoms with Gasteiger partial charge >= 0.3 is 0 Å². The molecule has 0 radical (unpaired) electrons. The molecule has 6 heteroatoms. The van der Waals surface area contributed by atoms with Crippen LogP contribution in [-0.2, 0) is 21.2 Å². The summed E-state index contributed by atoms with van der Waals surface area (Å²) in [5, 5.41) is 0. The fraction of sp³-hybridized carbons (Fsp3) is 0.458. The van der Waals surface area contributed by atoms with Crippen LogP contribution < -0.4 is 4.72 Å². The number of sulfonamides is 1. The fourth-order valence-electron chi connectivity index (χ4n) is 4.38. The highest BCUT2D eigenvalue weighted by atomic mass is 32.2. The van der Waals surface area contributed by atoms with Gasteiger partial charge in [-0.1, -0.05) is 60.9 Å². The van der Waals surface area contributed by atoms with Gasteiger partial charge in [-0.05, 0) is 56.7 Å². The first-order valence-corrected chi connectivity index (χ1v) is 12.2. The van der Waals surface area contributed by atoms with Crippen molar-refractivity contribution in [3.05, 3.63) is 64.7 Å². The maximum absolute atomic E-state index is 13.4. The van der Waals surface area contributed by atoms with Crippen LogP contribution in [0.15, 0.2) is 47.4 Å². The molecule has 162 valence electrons. The van der Waals surface area contributed by atoms with Crippen LogP contribution in [0.4, 0.5) is 0 Å². The van der Waals surface area contributed by atoms with Crippen molar-refractivity contribution in [1.82, 2.24) is 9.62 Å². The first-order chi connectivity index (χ1) is 14.3. The largest absolute Gasteiger partial charge is 0.341 e. The van der Waals surface area contributed by atoms with E-state index in [-0.39, 0.29) is 10.8 Å². The summed E-state index contributed by atoms with van der Waals surface area (Å²) in [6.07, 6.45) is 4.49. The topological polar surface area (TPSA) is 66.5 Å². The summed E-state index contributed by atoms with van der Waals surface area (Å²) in [4.78, 5) is 15.5. The number of amides is 1. The van der Waals surface area contributed by atoms with Crippen LogP contribution in [0, 0.1) is 20.8 Å². The molecule has 0 bridgehead atoms. The van der Waals surface area contributed by atoms with Crippen molar-refractivity contribution < 1.29 is 13.2 Å². The SMILES string of the molecule is Cc1cc(C)c(S(=O)(=O)NC(Cc2ccccc2)C(=O)N2CCCCCC2)c(C)c1. The van der Waals surface area contributed by atoms with Crippen LogP contribution in [-0.4, -0.2) is 38.4 Å². The van der Waals surface area contributed by atoms with Crippen molar-refractivity contribution in [2.45, 2.75) is 63.8 Å². The number of hydrogen-bond acceptors (Lipinski definition) is 3. The molecule has 1 aliphatic rings. The summed E-state index contributed by atoms with van der Waals surface area (Å²) >= 11 is 0. The number of rotatable bonds is 6. The van der Waals surface area contributed by atoms with Gasteiger partial charge in [0.15, 0.2) is 0 Å².